The Morgan fingerprint density at radius 3 is 3.05 bits per heavy atom. The van der Waals surface area contributed by atoms with Crippen molar-refractivity contribution in [2.45, 2.75) is 19.9 Å². The molecule has 4 nitrogen and oxygen atoms in total. The van der Waals surface area contributed by atoms with E-state index in [1.165, 1.54) is 0 Å². The van der Waals surface area contributed by atoms with E-state index in [4.69, 9.17) is 0 Å². The second-order valence-electron chi connectivity index (χ2n) is 4.89. The second kappa shape index (κ2) is 5.25. The Morgan fingerprint density at radius 1 is 1.40 bits per heavy atom. The van der Waals surface area contributed by atoms with Crippen LogP contribution in [0.1, 0.15) is 16.7 Å². The minimum Gasteiger partial charge on any atom is -0.366 e. The van der Waals surface area contributed by atoms with E-state index in [1.807, 2.05) is 25.1 Å². The third kappa shape index (κ3) is 2.67. The van der Waals surface area contributed by atoms with Crippen LogP contribution >= 0.6 is 15.9 Å². The van der Waals surface area contributed by atoms with Crippen LogP contribution in [0.4, 0.5) is 11.5 Å². The molecule has 102 valence electrons. The van der Waals surface area contributed by atoms with Gasteiger partial charge in [-0.05, 0) is 51.7 Å². The first kappa shape index (κ1) is 13.1. The monoisotopic (exact) mass is 331 g/mol. The molecule has 1 aromatic heterocycles. The van der Waals surface area contributed by atoms with E-state index in [0.717, 1.165) is 32.7 Å². The number of benzene rings is 1. The smallest absolute Gasteiger partial charge is 0.228 e. The predicted octanol–water partition coefficient (Wildman–Crippen LogP) is 3.26. The Balaban J connectivity index is 1.73. The molecule has 1 amide bonds. The van der Waals surface area contributed by atoms with Crippen LogP contribution < -0.4 is 10.6 Å². The Hall–Kier alpha value is -1.88. The molecule has 1 aliphatic heterocycles. The number of fused-ring (bicyclic) bond motifs is 1. The summed E-state index contributed by atoms with van der Waals surface area (Å²) in [6.07, 6.45) is 2.25. The molecule has 0 unspecified atom stereocenters. The molecule has 0 radical (unpaired) electrons. The maximum Gasteiger partial charge on any atom is 0.228 e. The van der Waals surface area contributed by atoms with Crippen molar-refractivity contribution in [3.05, 3.63) is 51.6 Å². The van der Waals surface area contributed by atoms with Crippen molar-refractivity contribution in [3.63, 3.8) is 0 Å². The predicted molar refractivity (Wildman–Crippen MR) is 82.8 cm³/mol. The van der Waals surface area contributed by atoms with E-state index in [1.54, 1.807) is 6.20 Å². The molecule has 0 spiro atoms. The van der Waals surface area contributed by atoms with Crippen molar-refractivity contribution in [2.75, 3.05) is 10.6 Å². The van der Waals surface area contributed by atoms with Crippen LogP contribution in [0.15, 0.2) is 34.9 Å². The number of hydrogen-bond donors (Lipinski definition) is 2. The molecule has 0 saturated carbocycles. The van der Waals surface area contributed by atoms with E-state index in [-0.39, 0.29) is 5.91 Å². The number of aryl methyl sites for hydroxylation is 1. The summed E-state index contributed by atoms with van der Waals surface area (Å²) >= 11 is 3.40. The average molecular weight is 332 g/mol. The van der Waals surface area contributed by atoms with E-state index in [0.29, 0.717) is 13.0 Å². The molecule has 5 heteroatoms. The highest BCUT2D eigenvalue weighted by molar-refractivity contribution is 9.10. The molecule has 1 aliphatic rings. The highest BCUT2D eigenvalue weighted by Crippen LogP contribution is 2.24. The summed E-state index contributed by atoms with van der Waals surface area (Å²) in [7, 11) is 0. The SMILES string of the molecule is Cc1cc(Br)cnc1NCc1ccc2c(c1)CC(=O)N2. The zero-order valence-corrected chi connectivity index (χ0v) is 12.6. The number of aromatic nitrogens is 1. The molecule has 0 bridgehead atoms. The Labute approximate surface area is 125 Å². The molecule has 3 rings (SSSR count). The van der Waals surface area contributed by atoms with E-state index in [2.05, 4.69) is 37.6 Å². The Morgan fingerprint density at radius 2 is 2.25 bits per heavy atom. The number of amides is 1. The van der Waals surface area contributed by atoms with Crippen molar-refractivity contribution in [2.24, 2.45) is 0 Å². The van der Waals surface area contributed by atoms with Gasteiger partial charge < -0.3 is 10.6 Å². The van der Waals surface area contributed by atoms with Crippen LogP contribution in [0.25, 0.3) is 0 Å². The molecule has 1 aromatic carbocycles. The lowest BCUT2D eigenvalue weighted by atomic mass is 10.1. The first-order valence-electron chi connectivity index (χ1n) is 6.39. The fourth-order valence-electron chi connectivity index (χ4n) is 2.30. The zero-order valence-electron chi connectivity index (χ0n) is 11.0. The summed E-state index contributed by atoms with van der Waals surface area (Å²) in [5.74, 6) is 0.943. The highest BCUT2D eigenvalue weighted by Gasteiger charge is 2.17. The number of anilines is 2. The Bertz CT molecular complexity index is 685. The molecule has 2 aromatic rings. The topological polar surface area (TPSA) is 54.0 Å². The fourth-order valence-corrected chi connectivity index (χ4v) is 2.75. The molecule has 20 heavy (non-hydrogen) atoms. The van der Waals surface area contributed by atoms with Gasteiger partial charge in [0.15, 0.2) is 0 Å². The first-order valence-corrected chi connectivity index (χ1v) is 7.19. The number of pyridine rings is 1. The van der Waals surface area contributed by atoms with Crippen molar-refractivity contribution in [1.29, 1.82) is 0 Å². The third-order valence-electron chi connectivity index (χ3n) is 3.30. The van der Waals surface area contributed by atoms with Gasteiger partial charge in [0.05, 0.1) is 6.42 Å². The van der Waals surface area contributed by atoms with Gasteiger partial charge in [-0.15, -0.1) is 0 Å². The molecule has 0 fully saturated rings. The quantitative estimate of drug-likeness (QED) is 0.907. The molecular formula is C15H14BrN3O. The van der Waals surface area contributed by atoms with Crippen LogP contribution in [0.5, 0.6) is 0 Å². The number of hydrogen-bond acceptors (Lipinski definition) is 3. The van der Waals surface area contributed by atoms with Crippen LogP contribution in [-0.4, -0.2) is 10.9 Å². The maximum absolute atomic E-state index is 11.3. The maximum atomic E-state index is 11.3. The summed E-state index contributed by atoms with van der Waals surface area (Å²) in [5.41, 5.74) is 4.23. The van der Waals surface area contributed by atoms with Gasteiger partial charge in [0.1, 0.15) is 5.82 Å². The van der Waals surface area contributed by atoms with Crippen LogP contribution in [-0.2, 0) is 17.8 Å². The van der Waals surface area contributed by atoms with E-state index in [9.17, 15) is 4.79 Å². The van der Waals surface area contributed by atoms with E-state index < -0.39 is 0 Å². The van der Waals surface area contributed by atoms with E-state index >= 15 is 0 Å². The number of nitrogens with one attached hydrogen (secondary N) is 2. The highest BCUT2D eigenvalue weighted by atomic mass is 79.9. The van der Waals surface area contributed by atoms with Crippen molar-refractivity contribution < 1.29 is 4.79 Å². The summed E-state index contributed by atoms with van der Waals surface area (Å²) in [6.45, 7) is 2.71. The molecule has 2 heterocycles. The van der Waals surface area contributed by atoms with Crippen molar-refractivity contribution >= 4 is 33.3 Å². The van der Waals surface area contributed by atoms with Gasteiger partial charge in [-0.3, -0.25) is 4.79 Å². The molecule has 2 N–H and O–H groups in total. The lowest BCUT2D eigenvalue weighted by molar-refractivity contribution is -0.115. The lowest BCUT2D eigenvalue weighted by Gasteiger charge is -2.09. The number of rotatable bonds is 3. The summed E-state index contributed by atoms with van der Waals surface area (Å²) in [6, 6.07) is 8.07. The average Bonchev–Trinajstić information content (AvgIpc) is 2.77. The van der Waals surface area contributed by atoms with Gasteiger partial charge in [-0.2, -0.15) is 0 Å². The fraction of sp³-hybridized carbons (Fsp3) is 0.200. The van der Waals surface area contributed by atoms with Gasteiger partial charge in [0.2, 0.25) is 5.91 Å². The number of nitrogens with zero attached hydrogens (tertiary/aromatic N) is 1. The largest absolute Gasteiger partial charge is 0.366 e. The van der Waals surface area contributed by atoms with Gasteiger partial charge in [-0.25, -0.2) is 4.98 Å². The number of halogens is 1. The summed E-state index contributed by atoms with van der Waals surface area (Å²) < 4.78 is 0.975. The number of carbonyl (C=O) groups excluding carboxylic acids is 1. The van der Waals surface area contributed by atoms with Crippen LogP contribution in [0.3, 0.4) is 0 Å². The van der Waals surface area contributed by atoms with Gasteiger partial charge in [0, 0.05) is 22.9 Å². The summed E-state index contributed by atoms with van der Waals surface area (Å²) in [4.78, 5) is 15.7. The number of carbonyl (C=O) groups is 1. The normalized spacial score (nSPS) is 13.0. The lowest BCUT2D eigenvalue weighted by Crippen LogP contribution is -2.03. The first-order chi connectivity index (χ1) is 9.61. The minimum absolute atomic E-state index is 0.0653. The van der Waals surface area contributed by atoms with Gasteiger partial charge >= 0.3 is 0 Å². The van der Waals surface area contributed by atoms with Crippen LogP contribution in [0, 0.1) is 6.92 Å². The molecular weight excluding hydrogens is 318 g/mol. The molecule has 0 saturated heterocycles. The van der Waals surface area contributed by atoms with Gasteiger partial charge in [-0.1, -0.05) is 12.1 Å². The minimum atomic E-state index is 0.0653. The molecule has 0 atom stereocenters. The molecule has 0 aliphatic carbocycles. The Kier molecular flexibility index (Phi) is 3.44. The standard InChI is InChI=1S/C15H14BrN3O/c1-9-4-12(16)8-18-15(9)17-7-10-2-3-13-11(5-10)6-14(20)19-13/h2-5,8H,6-7H2,1H3,(H,17,18)(H,19,20). The second-order valence-corrected chi connectivity index (χ2v) is 5.80. The van der Waals surface area contributed by atoms with Gasteiger partial charge in [0.25, 0.3) is 0 Å². The van der Waals surface area contributed by atoms with Crippen molar-refractivity contribution in [1.82, 2.24) is 4.98 Å². The van der Waals surface area contributed by atoms with Crippen LogP contribution in [0.2, 0.25) is 0 Å². The van der Waals surface area contributed by atoms with Crippen molar-refractivity contribution in [3.8, 4) is 0 Å². The summed E-state index contributed by atoms with van der Waals surface area (Å²) in [5, 5.41) is 6.16. The third-order valence-corrected chi connectivity index (χ3v) is 3.73. The zero-order chi connectivity index (χ0) is 14.1.